The van der Waals surface area contributed by atoms with Gasteiger partial charge < -0.3 is 16.1 Å². The number of nitrogens with one attached hydrogen (secondary N) is 1. The van der Waals surface area contributed by atoms with E-state index in [9.17, 15) is 0 Å². The van der Waals surface area contributed by atoms with E-state index < -0.39 is 0 Å². The van der Waals surface area contributed by atoms with Crippen molar-refractivity contribution in [2.45, 2.75) is 26.3 Å². The van der Waals surface area contributed by atoms with Crippen molar-refractivity contribution in [3.8, 4) is 12.3 Å². The lowest BCUT2D eigenvalue weighted by molar-refractivity contribution is 0.171. The van der Waals surface area contributed by atoms with Crippen molar-refractivity contribution in [1.29, 1.82) is 0 Å². The molecule has 0 atom stereocenters. The van der Waals surface area contributed by atoms with Crippen LogP contribution >= 0.6 is 11.6 Å². The largest absolute Gasteiger partial charge is 0.373 e. The molecule has 1 heterocycles. The number of hydrazone groups is 1. The number of nitrogens with zero attached hydrogens (tertiary/aromatic N) is 2. The predicted octanol–water partition coefficient (Wildman–Crippen LogP) is 3.25. The first-order chi connectivity index (χ1) is 11.9. The van der Waals surface area contributed by atoms with Gasteiger partial charge in [-0.15, -0.1) is 6.42 Å². The molecule has 3 N–H and O–H groups in total. The average Bonchev–Trinajstić information content (AvgIpc) is 2.57. The summed E-state index contributed by atoms with van der Waals surface area (Å²) in [7, 11) is 2.08. The van der Waals surface area contributed by atoms with E-state index in [4.69, 9.17) is 23.9 Å². The highest BCUT2D eigenvalue weighted by atomic mass is 35.5. The summed E-state index contributed by atoms with van der Waals surface area (Å²) in [6, 6.07) is 6.36. The second-order valence-corrected chi connectivity index (χ2v) is 6.44. The number of nitrogens with two attached hydrogens (primary N) is 1. The Hall–Kier alpha value is -2.22. The molecule has 0 radical (unpaired) electrons. The summed E-state index contributed by atoms with van der Waals surface area (Å²) in [4.78, 5) is 2.22. The summed E-state index contributed by atoms with van der Waals surface area (Å²) in [5.74, 6) is 7.72. The van der Waals surface area contributed by atoms with Crippen molar-refractivity contribution in [1.82, 2.24) is 10.2 Å². The lowest BCUT2D eigenvalue weighted by Crippen LogP contribution is -2.55. The van der Waals surface area contributed by atoms with Gasteiger partial charge in [0.05, 0.1) is 11.7 Å². The SMILES string of the molecule is C#C/C(NC1CN(C)C1)=C(/C=C)C/C=N\N.Cc1cccc(Cl)c1C. The predicted molar refractivity (Wildman–Crippen MR) is 109 cm³/mol. The van der Waals surface area contributed by atoms with E-state index in [1.165, 1.54) is 11.1 Å². The van der Waals surface area contributed by atoms with Crippen LogP contribution in [0.3, 0.4) is 0 Å². The molecule has 2 rings (SSSR count). The van der Waals surface area contributed by atoms with Gasteiger partial charge in [-0.2, -0.15) is 5.10 Å². The van der Waals surface area contributed by atoms with Crippen LogP contribution < -0.4 is 11.2 Å². The molecule has 5 heteroatoms. The molecule has 25 heavy (non-hydrogen) atoms. The van der Waals surface area contributed by atoms with Crippen molar-refractivity contribution in [2.24, 2.45) is 10.9 Å². The zero-order valence-electron chi connectivity index (χ0n) is 15.2. The fourth-order valence-electron chi connectivity index (χ4n) is 2.38. The molecule has 4 nitrogen and oxygen atoms in total. The van der Waals surface area contributed by atoms with Crippen molar-refractivity contribution < 1.29 is 0 Å². The molecule has 0 spiro atoms. The molecule has 0 bridgehead atoms. The molecule has 0 unspecified atom stereocenters. The third kappa shape index (κ3) is 6.66. The molecule has 1 aliphatic heterocycles. The van der Waals surface area contributed by atoms with E-state index in [0.29, 0.717) is 12.5 Å². The molecule has 0 aromatic heterocycles. The number of benzene rings is 1. The van der Waals surface area contributed by atoms with Gasteiger partial charge in [0.25, 0.3) is 0 Å². The Morgan fingerprint density at radius 3 is 2.64 bits per heavy atom. The van der Waals surface area contributed by atoms with Gasteiger partial charge in [0.1, 0.15) is 0 Å². The van der Waals surface area contributed by atoms with Crippen LogP contribution in [0.2, 0.25) is 5.02 Å². The molecule has 1 aromatic carbocycles. The van der Waals surface area contributed by atoms with Crippen LogP contribution in [0.25, 0.3) is 0 Å². The van der Waals surface area contributed by atoms with E-state index in [2.05, 4.69) is 47.9 Å². The van der Waals surface area contributed by atoms with Crippen molar-refractivity contribution >= 4 is 17.8 Å². The molecule has 1 aromatic rings. The fourth-order valence-corrected chi connectivity index (χ4v) is 2.60. The van der Waals surface area contributed by atoms with Gasteiger partial charge in [-0.25, -0.2) is 0 Å². The van der Waals surface area contributed by atoms with Crippen LogP contribution in [-0.2, 0) is 0 Å². The zero-order chi connectivity index (χ0) is 18.8. The number of hydrogen-bond donors (Lipinski definition) is 2. The van der Waals surface area contributed by atoms with Gasteiger partial charge >= 0.3 is 0 Å². The smallest absolute Gasteiger partial charge is 0.0889 e. The number of likely N-dealkylation sites (tertiary alicyclic amines) is 1. The number of halogens is 1. The first kappa shape index (κ1) is 20.8. The molecular weight excluding hydrogens is 332 g/mol. The highest BCUT2D eigenvalue weighted by Crippen LogP contribution is 2.17. The Morgan fingerprint density at radius 1 is 1.52 bits per heavy atom. The van der Waals surface area contributed by atoms with E-state index in [-0.39, 0.29) is 0 Å². The van der Waals surface area contributed by atoms with Gasteiger partial charge in [-0.05, 0) is 43.7 Å². The summed E-state index contributed by atoms with van der Waals surface area (Å²) >= 11 is 5.81. The van der Waals surface area contributed by atoms with E-state index in [1.807, 2.05) is 19.1 Å². The molecule has 1 fully saturated rings. The fraction of sp³-hybridized carbons (Fsp3) is 0.350. The molecule has 0 aliphatic carbocycles. The minimum atomic E-state index is 0.431. The highest BCUT2D eigenvalue weighted by molar-refractivity contribution is 6.31. The summed E-state index contributed by atoms with van der Waals surface area (Å²) in [5.41, 5.74) is 4.17. The maximum absolute atomic E-state index is 5.81. The number of rotatable bonds is 5. The summed E-state index contributed by atoms with van der Waals surface area (Å²) in [6.45, 7) is 9.85. The van der Waals surface area contributed by atoms with Crippen LogP contribution in [0.15, 0.2) is 47.2 Å². The molecule has 1 saturated heterocycles. The van der Waals surface area contributed by atoms with Crippen LogP contribution in [0.1, 0.15) is 17.5 Å². The van der Waals surface area contributed by atoms with Gasteiger partial charge in [-0.3, -0.25) is 0 Å². The number of allylic oxidation sites excluding steroid dienone is 3. The third-order valence-corrected chi connectivity index (χ3v) is 4.49. The first-order valence-corrected chi connectivity index (χ1v) is 8.51. The molecular formula is C20H27ClN4. The molecule has 0 amide bonds. The van der Waals surface area contributed by atoms with Crippen LogP contribution in [0.4, 0.5) is 0 Å². The Kier molecular flexibility index (Phi) is 8.83. The van der Waals surface area contributed by atoms with Gasteiger partial charge in [-0.1, -0.05) is 42.3 Å². The maximum Gasteiger partial charge on any atom is 0.0889 e. The lowest BCUT2D eigenvalue weighted by Gasteiger charge is -2.37. The highest BCUT2D eigenvalue weighted by Gasteiger charge is 2.23. The number of likely N-dealkylation sites (N-methyl/N-ethyl adjacent to an activating group) is 1. The normalized spacial score (nSPS) is 15.5. The number of terminal acetylenes is 1. The van der Waals surface area contributed by atoms with Gasteiger partial charge in [0.2, 0.25) is 0 Å². The second-order valence-electron chi connectivity index (χ2n) is 6.03. The summed E-state index contributed by atoms with van der Waals surface area (Å²) in [5, 5.41) is 7.63. The van der Waals surface area contributed by atoms with Gasteiger partial charge in [0.15, 0.2) is 0 Å². The van der Waals surface area contributed by atoms with E-state index in [1.54, 1.807) is 12.3 Å². The van der Waals surface area contributed by atoms with E-state index in [0.717, 1.165) is 29.4 Å². The zero-order valence-corrected chi connectivity index (χ0v) is 16.0. The maximum atomic E-state index is 5.81. The summed E-state index contributed by atoms with van der Waals surface area (Å²) in [6.07, 6.45) is 9.44. The van der Waals surface area contributed by atoms with Crippen LogP contribution in [0.5, 0.6) is 0 Å². The van der Waals surface area contributed by atoms with Crippen molar-refractivity contribution in [2.75, 3.05) is 20.1 Å². The minimum Gasteiger partial charge on any atom is -0.373 e. The second kappa shape index (κ2) is 10.6. The Labute approximate surface area is 156 Å². The van der Waals surface area contributed by atoms with Crippen molar-refractivity contribution in [3.63, 3.8) is 0 Å². The first-order valence-electron chi connectivity index (χ1n) is 8.13. The summed E-state index contributed by atoms with van der Waals surface area (Å²) < 4.78 is 0. The molecule has 134 valence electrons. The minimum absolute atomic E-state index is 0.431. The van der Waals surface area contributed by atoms with Crippen molar-refractivity contribution in [3.05, 3.63) is 58.3 Å². The van der Waals surface area contributed by atoms with Crippen LogP contribution in [0, 0.1) is 26.2 Å². The van der Waals surface area contributed by atoms with Gasteiger partial charge in [0, 0.05) is 30.7 Å². The average molecular weight is 359 g/mol. The Bertz CT molecular complexity index is 659. The Balaban J connectivity index is 0.000000293. The topological polar surface area (TPSA) is 53.6 Å². The Morgan fingerprint density at radius 2 is 2.20 bits per heavy atom. The number of hydrogen-bond acceptors (Lipinski definition) is 4. The third-order valence-electron chi connectivity index (χ3n) is 4.08. The monoisotopic (exact) mass is 358 g/mol. The lowest BCUT2D eigenvalue weighted by atomic mass is 10.1. The quantitative estimate of drug-likeness (QED) is 0.279. The molecule has 0 saturated carbocycles. The molecule has 1 aliphatic rings. The van der Waals surface area contributed by atoms with Crippen LogP contribution in [-0.4, -0.2) is 37.3 Å². The standard InChI is InChI=1S/C12H18N4.C8H9Cl/c1-4-10(6-7-14-13)12(5-2)15-11-8-16(3)9-11;1-6-4-3-5-8(9)7(6)2/h2,4,7,11,15H,1,6,8-9,13H2,3H3;3-5H,1-2H3/b12-10+,14-7-;. The number of aryl methyl sites for hydroxylation is 1. The van der Waals surface area contributed by atoms with E-state index >= 15 is 0 Å².